The van der Waals surface area contributed by atoms with E-state index >= 15 is 0 Å². The van der Waals surface area contributed by atoms with Gasteiger partial charge >= 0.3 is 0 Å². The van der Waals surface area contributed by atoms with E-state index < -0.39 is 5.92 Å². The zero-order chi connectivity index (χ0) is 22.9. The number of hydrogen-bond donors (Lipinski definition) is 1. The highest BCUT2D eigenvalue weighted by Crippen LogP contribution is 2.42. The lowest BCUT2D eigenvalue weighted by Crippen LogP contribution is -2.29. The van der Waals surface area contributed by atoms with Crippen molar-refractivity contribution in [2.75, 3.05) is 13.7 Å². The minimum Gasteiger partial charge on any atom is -0.404 e. The molecule has 0 bridgehead atoms. The van der Waals surface area contributed by atoms with E-state index in [4.69, 9.17) is 25.4 Å². The van der Waals surface area contributed by atoms with Crippen molar-refractivity contribution in [1.29, 1.82) is 0 Å². The van der Waals surface area contributed by atoms with Gasteiger partial charge in [-0.05, 0) is 39.5 Å². The van der Waals surface area contributed by atoms with Crippen molar-refractivity contribution in [3.05, 3.63) is 34.7 Å². The van der Waals surface area contributed by atoms with Crippen LogP contribution in [-0.4, -0.2) is 51.8 Å². The number of alkyl halides is 2. The molecule has 1 aliphatic heterocycles. The van der Waals surface area contributed by atoms with Crippen molar-refractivity contribution in [3.63, 3.8) is 0 Å². The van der Waals surface area contributed by atoms with Crippen LogP contribution in [0, 0.1) is 13.8 Å². The van der Waals surface area contributed by atoms with E-state index in [2.05, 4.69) is 9.98 Å². The summed E-state index contributed by atoms with van der Waals surface area (Å²) in [6.45, 7) is 4.35. The molecule has 32 heavy (non-hydrogen) atoms. The first kappa shape index (κ1) is 22.6. The van der Waals surface area contributed by atoms with Gasteiger partial charge in [0.1, 0.15) is 11.3 Å². The maximum Gasteiger partial charge on any atom is 0.248 e. The molecular formula is C23H30F2N6O. The molecule has 172 valence electrons. The van der Waals surface area contributed by atoms with Gasteiger partial charge in [0.15, 0.2) is 5.65 Å². The second-order valence-corrected chi connectivity index (χ2v) is 8.80. The number of ether oxygens (including phenoxy) is 1. The predicted molar refractivity (Wildman–Crippen MR) is 119 cm³/mol. The third kappa shape index (κ3) is 4.62. The molecule has 0 spiro atoms. The second kappa shape index (κ2) is 9.13. The van der Waals surface area contributed by atoms with Crippen LogP contribution in [-0.2, 0) is 4.74 Å². The van der Waals surface area contributed by atoms with E-state index in [0.29, 0.717) is 42.9 Å². The smallest absolute Gasteiger partial charge is 0.248 e. The highest BCUT2D eigenvalue weighted by atomic mass is 19.3. The van der Waals surface area contributed by atoms with Crippen LogP contribution in [0.15, 0.2) is 16.8 Å². The molecule has 2 N–H and O–H groups in total. The second-order valence-electron chi connectivity index (χ2n) is 8.80. The normalized spacial score (nSPS) is 25.0. The largest absolute Gasteiger partial charge is 0.404 e. The molecule has 0 amide bonds. The third-order valence-electron chi connectivity index (χ3n) is 6.58. The van der Waals surface area contributed by atoms with Gasteiger partial charge in [0.05, 0.1) is 23.2 Å². The van der Waals surface area contributed by atoms with Crippen LogP contribution in [0.5, 0.6) is 0 Å². The Balaban J connectivity index is 1.73. The van der Waals surface area contributed by atoms with Gasteiger partial charge in [0.25, 0.3) is 0 Å². The maximum atomic E-state index is 13.8. The van der Waals surface area contributed by atoms with Gasteiger partial charge in [-0.15, -0.1) is 0 Å². The van der Waals surface area contributed by atoms with Crippen molar-refractivity contribution in [2.45, 2.75) is 76.2 Å². The van der Waals surface area contributed by atoms with Crippen LogP contribution in [0.3, 0.4) is 0 Å². The lowest BCUT2D eigenvalue weighted by Gasteiger charge is -2.31. The number of nitrogens with zero attached hydrogens (tertiary/aromatic N) is 5. The molecule has 0 radical (unpaired) electrons. The van der Waals surface area contributed by atoms with Crippen LogP contribution in [0.4, 0.5) is 8.78 Å². The van der Waals surface area contributed by atoms with E-state index in [0.717, 1.165) is 29.1 Å². The van der Waals surface area contributed by atoms with Gasteiger partial charge < -0.3 is 10.5 Å². The Bertz CT molecular complexity index is 1040. The van der Waals surface area contributed by atoms with Crippen LogP contribution in [0.2, 0.25) is 0 Å². The fourth-order valence-electron chi connectivity index (χ4n) is 4.58. The third-order valence-corrected chi connectivity index (χ3v) is 6.58. The van der Waals surface area contributed by atoms with Crippen LogP contribution in [0.1, 0.15) is 73.3 Å². The summed E-state index contributed by atoms with van der Waals surface area (Å²) in [6.07, 6.45) is 4.99. The minimum atomic E-state index is -2.60. The molecule has 4 rings (SSSR count). The first-order valence-electron chi connectivity index (χ1n) is 11.2. The first-order valence-corrected chi connectivity index (χ1v) is 11.2. The van der Waals surface area contributed by atoms with Gasteiger partial charge in [-0.1, -0.05) is 0 Å². The number of fused-ring (bicyclic) bond motifs is 1. The molecule has 1 saturated carbocycles. The lowest BCUT2D eigenvalue weighted by atomic mass is 9.84. The lowest BCUT2D eigenvalue weighted by molar-refractivity contribution is -0.0384. The van der Waals surface area contributed by atoms with Gasteiger partial charge in [0.2, 0.25) is 5.92 Å². The monoisotopic (exact) mass is 444 g/mol. The molecule has 2 atom stereocenters. The number of rotatable bonds is 4. The van der Waals surface area contributed by atoms with Crippen molar-refractivity contribution in [2.24, 2.45) is 10.7 Å². The molecule has 1 aliphatic carbocycles. The molecule has 2 aromatic rings. The van der Waals surface area contributed by atoms with Crippen LogP contribution >= 0.6 is 0 Å². The summed E-state index contributed by atoms with van der Waals surface area (Å²) < 4.78 is 33.5. The molecule has 2 aromatic heterocycles. The van der Waals surface area contributed by atoms with Crippen molar-refractivity contribution in [3.8, 4) is 0 Å². The Morgan fingerprint density at radius 1 is 1.06 bits per heavy atom. The molecule has 7 nitrogen and oxygen atoms in total. The Labute approximate surface area is 186 Å². The highest BCUT2D eigenvalue weighted by Gasteiger charge is 2.37. The van der Waals surface area contributed by atoms with E-state index in [1.165, 1.54) is 6.20 Å². The quantitative estimate of drug-likeness (QED) is 0.712. The standard InChI is InChI=1S/C23H30F2N6O/c1-13-14(2)29-22-20(28-13)19(15-4-7-23(24,25)8-5-15)30-21(31-22)16-6-9-32-18(10-16)17(11-26)12-27-3/h11-12,15-16,18H,4-10,26H2,1-3H3/b17-11+,27-12?. The molecule has 3 heterocycles. The van der Waals surface area contributed by atoms with Crippen molar-refractivity contribution in [1.82, 2.24) is 19.9 Å². The minimum absolute atomic E-state index is 0.0468. The van der Waals surface area contributed by atoms with Crippen molar-refractivity contribution >= 4 is 17.4 Å². The van der Waals surface area contributed by atoms with Crippen LogP contribution in [0.25, 0.3) is 11.2 Å². The summed E-state index contributed by atoms with van der Waals surface area (Å²) in [5.74, 6) is -1.94. The fraction of sp³-hybridized carbons (Fsp3) is 0.609. The summed E-state index contributed by atoms with van der Waals surface area (Å²) in [5.41, 5.74) is 10.1. The Morgan fingerprint density at radius 3 is 2.47 bits per heavy atom. The molecule has 2 aliphatic rings. The molecule has 9 heteroatoms. The number of nitrogens with two attached hydrogens (primary N) is 1. The number of halogens is 2. The summed E-state index contributed by atoms with van der Waals surface area (Å²) >= 11 is 0. The zero-order valence-corrected chi connectivity index (χ0v) is 18.8. The molecule has 0 aromatic carbocycles. The highest BCUT2D eigenvalue weighted by molar-refractivity contribution is 5.79. The predicted octanol–water partition coefficient (Wildman–Crippen LogP) is 4.14. The average molecular weight is 445 g/mol. The number of aliphatic imine (C=N–C) groups is 1. The maximum absolute atomic E-state index is 13.8. The molecule has 2 unspecified atom stereocenters. The van der Waals surface area contributed by atoms with Crippen molar-refractivity contribution < 1.29 is 13.5 Å². The fourth-order valence-corrected chi connectivity index (χ4v) is 4.58. The van der Waals surface area contributed by atoms with E-state index in [-0.39, 0.29) is 30.8 Å². The van der Waals surface area contributed by atoms with Gasteiger partial charge in [-0.2, -0.15) is 0 Å². The topological polar surface area (TPSA) is 99.2 Å². The SMILES string of the molecule is CN=C/C(=C\N)C1CC(c2nc(C3CCC(F)(F)CC3)c3nc(C)c(C)nc3n2)CCO1. The van der Waals surface area contributed by atoms with E-state index in [1.54, 1.807) is 13.3 Å². The molecule has 2 fully saturated rings. The zero-order valence-electron chi connectivity index (χ0n) is 18.8. The van der Waals surface area contributed by atoms with Gasteiger partial charge in [-0.25, -0.2) is 28.7 Å². The number of aryl methyl sites for hydroxylation is 2. The van der Waals surface area contributed by atoms with Gasteiger partial charge in [-0.3, -0.25) is 4.99 Å². The number of aromatic nitrogens is 4. The Kier molecular flexibility index (Phi) is 6.46. The first-order chi connectivity index (χ1) is 15.3. The summed E-state index contributed by atoms with van der Waals surface area (Å²) in [4.78, 5) is 23.2. The van der Waals surface area contributed by atoms with E-state index in [9.17, 15) is 8.78 Å². The Morgan fingerprint density at radius 2 is 1.78 bits per heavy atom. The number of hydrogen-bond acceptors (Lipinski definition) is 7. The van der Waals surface area contributed by atoms with Gasteiger partial charge in [0, 0.05) is 56.3 Å². The summed E-state index contributed by atoms with van der Waals surface area (Å²) in [5, 5.41) is 0. The summed E-state index contributed by atoms with van der Waals surface area (Å²) in [7, 11) is 1.69. The molecule has 1 saturated heterocycles. The molecular weight excluding hydrogens is 414 g/mol. The summed E-state index contributed by atoms with van der Waals surface area (Å²) in [6, 6.07) is 0. The van der Waals surface area contributed by atoms with Crippen LogP contribution < -0.4 is 5.73 Å². The average Bonchev–Trinajstić information content (AvgIpc) is 2.78. The van der Waals surface area contributed by atoms with E-state index in [1.807, 2.05) is 13.8 Å². The Hall–Kier alpha value is -2.55.